The van der Waals surface area contributed by atoms with Crippen LogP contribution in [0.15, 0.2) is 4.99 Å². The standard InChI is InChI=1S/C12H26N4OS/c1-17-9-5-8-14-11(16-13)15-10-12(18-2)6-3-4-7-12/h3-10,13H2,1-2H3,(H2,14,15,16). The van der Waals surface area contributed by atoms with Crippen LogP contribution in [0.5, 0.6) is 0 Å². The van der Waals surface area contributed by atoms with Crippen LogP contribution in [0.1, 0.15) is 32.1 Å². The summed E-state index contributed by atoms with van der Waals surface area (Å²) in [5.41, 5.74) is 2.63. The zero-order valence-corrected chi connectivity index (χ0v) is 12.3. The van der Waals surface area contributed by atoms with Crippen molar-refractivity contribution in [2.45, 2.75) is 36.9 Å². The van der Waals surface area contributed by atoms with E-state index < -0.39 is 0 Å². The van der Waals surface area contributed by atoms with Gasteiger partial charge in [-0.2, -0.15) is 11.8 Å². The predicted molar refractivity (Wildman–Crippen MR) is 78.8 cm³/mol. The number of hydrogen-bond acceptors (Lipinski definition) is 4. The molecule has 0 atom stereocenters. The summed E-state index contributed by atoms with van der Waals surface area (Å²) in [6.07, 6.45) is 8.30. The van der Waals surface area contributed by atoms with E-state index in [9.17, 15) is 0 Å². The molecule has 0 aromatic rings. The summed E-state index contributed by atoms with van der Waals surface area (Å²) in [4.78, 5) is 4.57. The molecule has 18 heavy (non-hydrogen) atoms. The van der Waals surface area contributed by atoms with Crippen molar-refractivity contribution in [2.75, 3.05) is 33.1 Å². The minimum absolute atomic E-state index is 0.330. The Morgan fingerprint density at radius 2 is 2.17 bits per heavy atom. The first-order chi connectivity index (χ1) is 8.76. The number of thioether (sulfide) groups is 1. The number of methoxy groups -OCH3 is 1. The fraction of sp³-hybridized carbons (Fsp3) is 0.917. The Morgan fingerprint density at radius 3 is 2.72 bits per heavy atom. The van der Waals surface area contributed by atoms with Gasteiger partial charge in [-0.3, -0.25) is 10.4 Å². The van der Waals surface area contributed by atoms with Crippen molar-refractivity contribution >= 4 is 17.7 Å². The molecule has 106 valence electrons. The number of aliphatic imine (C=N–C) groups is 1. The topological polar surface area (TPSA) is 71.7 Å². The molecule has 0 saturated heterocycles. The molecule has 0 aromatic carbocycles. The zero-order valence-electron chi connectivity index (χ0n) is 11.5. The molecule has 0 aromatic heterocycles. The lowest BCUT2D eigenvalue weighted by atomic mass is 10.1. The molecule has 0 unspecified atom stereocenters. The van der Waals surface area contributed by atoms with Gasteiger partial charge in [-0.1, -0.05) is 12.8 Å². The van der Waals surface area contributed by atoms with Crippen molar-refractivity contribution in [3.63, 3.8) is 0 Å². The maximum atomic E-state index is 5.48. The molecule has 0 bridgehead atoms. The van der Waals surface area contributed by atoms with Crippen LogP contribution in [0.4, 0.5) is 0 Å². The highest BCUT2D eigenvalue weighted by molar-refractivity contribution is 8.00. The minimum atomic E-state index is 0.330. The van der Waals surface area contributed by atoms with E-state index in [2.05, 4.69) is 22.0 Å². The summed E-state index contributed by atoms with van der Waals surface area (Å²) in [5.74, 6) is 6.16. The first-order valence-corrected chi connectivity index (χ1v) is 7.78. The smallest absolute Gasteiger partial charge is 0.205 e. The van der Waals surface area contributed by atoms with Gasteiger partial charge in [0.05, 0.1) is 6.54 Å². The van der Waals surface area contributed by atoms with Crippen molar-refractivity contribution in [1.29, 1.82) is 0 Å². The average molecular weight is 274 g/mol. The number of ether oxygens (including phenoxy) is 1. The molecule has 0 heterocycles. The Kier molecular flexibility index (Phi) is 7.46. The highest BCUT2D eigenvalue weighted by Gasteiger charge is 2.32. The number of hydrogen-bond donors (Lipinski definition) is 3. The molecule has 1 aliphatic rings. The van der Waals surface area contributed by atoms with Gasteiger partial charge in [0.1, 0.15) is 0 Å². The molecule has 1 saturated carbocycles. The predicted octanol–water partition coefficient (Wildman–Crippen LogP) is 1.11. The normalized spacial score (nSPS) is 18.9. The number of nitrogens with two attached hydrogens (primary N) is 1. The molecule has 6 heteroatoms. The summed E-state index contributed by atoms with van der Waals surface area (Å²) in [5, 5.41) is 3.19. The molecule has 0 aliphatic heterocycles. The van der Waals surface area contributed by atoms with Gasteiger partial charge >= 0.3 is 0 Å². The van der Waals surface area contributed by atoms with Gasteiger partial charge in [-0.15, -0.1) is 0 Å². The van der Waals surface area contributed by atoms with Crippen LogP contribution in [-0.2, 0) is 4.74 Å². The van der Waals surface area contributed by atoms with Crippen molar-refractivity contribution in [1.82, 2.24) is 10.7 Å². The second-order valence-electron chi connectivity index (χ2n) is 4.68. The van der Waals surface area contributed by atoms with Gasteiger partial charge in [0, 0.05) is 25.0 Å². The lowest BCUT2D eigenvalue weighted by molar-refractivity contribution is 0.195. The summed E-state index contributed by atoms with van der Waals surface area (Å²) < 4.78 is 5.33. The summed E-state index contributed by atoms with van der Waals surface area (Å²) in [6, 6.07) is 0. The lowest BCUT2D eigenvalue weighted by Crippen LogP contribution is -2.43. The van der Waals surface area contributed by atoms with Gasteiger partial charge in [0.15, 0.2) is 0 Å². The minimum Gasteiger partial charge on any atom is -0.385 e. The zero-order chi connectivity index (χ0) is 13.3. The SMILES string of the molecule is COCCCNC(=NCC1(SC)CCCC1)NN. The van der Waals surface area contributed by atoms with E-state index in [0.29, 0.717) is 10.7 Å². The second-order valence-corrected chi connectivity index (χ2v) is 5.95. The number of nitrogens with zero attached hydrogens (tertiary/aromatic N) is 1. The van der Waals surface area contributed by atoms with Crippen molar-refractivity contribution in [3.05, 3.63) is 0 Å². The molecule has 4 N–H and O–H groups in total. The second kappa shape index (κ2) is 8.61. The van der Waals surface area contributed by atoms with Crippen LogP contribution in [0.3, 0.4) is 0 Å². The quantitative estimate of drug-likeness (QED) is 0.213. The Morgan fingerprint density at radius 1 is 1.44 bits per heavy atom. The third-order valence-corrected chi connectivity index (χ3v) is 4.83. The van der Waals surface area contributed by atoms with Crippen molar-refractivity contribution in [2.24, 2.45) is 10.8 Å². The fourth-order valence-electron chi connectivity index (χ4n) is 2.25. The van der Waals surface area contributed by atoms with E-state index in [0.717, 1.165) is 26.1 Å². The number of nitrogens with one attached hydrogen (secondary N) is 2. The maximum Gasteiger partial charge on any atom is 0.205 e. The Hall–Kier alpha value is -0.460. The number of rotatable bonds is 7. The molecule has 0 amide bonds. The van der Waals surface area contributed by atoms with Gasteiger partial charge < -0.3 is 10.1 Å². The van der Waals surface area contributed by atoms with E-state index in [-0.39, 0.29) is 0 Å². The van der Waals surface area contributed by atoms with Crippen molar-refractivity contribution in [3.8, 4) is 0 Å². The molecule has 0 spiro atoms. The summed E-state index contributed by atoms with van der Waals surface area (Å²) in [7, 11) is 1.71. The molecule has 5 nitrogen and oxygen atoms in total. The van der Waals surface area contributed by atoms with Gasteiger partial charge in [0.25, 0.3) is 0 Å². The summed E-state index contributed by atoms with van der Waals surface area (Å²) >= 11 is 1.94. The van der Waals surface area contributed by atoms with E-state index >= 15 is 0 Å². The van der Waals surface area contributed by atoms with E-state index in [1.165, 1.54) is 25.7 Å². The molecule has 1 rings (SSSR count). The Labute approximate surface area is 114 Å². The van der Waals surface area contributed by atoms with Crippen LogP contribution >= 0.6 is 11.8 Å². The first-order valence-electron chi connectivity index (χ1n) is 6.55. The van der Waals surface area contributed by atoms with E-state index in [1.54, 1.807) is 7.11 Å². The number of hydrazine groups is 1. The van der Waals surface area contributed by atoms with E-state index in [1.807, 2.05) is 11.8 Å². The van der Waals surface area contributed by atoms with E-state index in [4.69, 9.17) is 10.6 Å². The molecule has 1 aliphatic carbocycles. The lowest BCUT2D eigenvalue weighted by Gasteiger charge is -2.24. The van der Waals surface area contributed by atoms with Crippen LogP contribution < -0.4 is 16.6 Å². The Balaban J connectivity index is 2.36. The van der Waals surface area contributed by atoms with Crippen LogP contribution in [0.25, 0.3) is 0 Å². The fourth-order valence-corrected chi connectivity index (χ4v) is 3.14. The molecular weight excluding hydrogens is 248 g/mol. The molecule has 0 radical (unpaired) electrons. The van der Waals surface area contributed by atoms with Crippen LogP contribution in [-0.4, -0.2) is 43.8 Å². The van der Waals surface area contributed by atoms with Crippen LogP contribution in [0, 0.1) is 0 Å². The number of guanidine groups is 1. The third kappa shape index (κ3) is 5.04. The van der Waals surface area contributed by atoms with Crippen molar-refractivity contribution < 1.29 is 4.74 Å². The molecular formula is C12H26N4OS. The summed E-state index contributed by atoms with van der Waals surface area (Å²) in [6.45, 7) is 2.41. The monoisotopic (exact) mass is 274 g/mol. The largest absolute Gasteiger partial charge is 0.385 e. The van der Waals surface area contributed by atoms with Gasteiger partial charge in [-0.05, 0) is 25.5 Å². The van der Waals surface area contributed by atoms with Gasteiger partial charge in [-0.25, -0.2) is 5.84 Å². The average Bonchev–Trinajstić information content (AvgIpc) is 2.87. The maximum absolute atomic E-state index is 5.48. The highest BCUT2D eigenvalue weighted by Crippen LogP contribution is 2.40. The Bertz CT molecular complexity index is 254. The molecule has 1 fully saturated rings. The first kappa shape index (κ1) is 15.6. The highest BCUT2D eigenvalue weighted by atomic mass is 32.2. The van der Waals surface area contributed by atoms with Gasteiger partial charge in [0.2, 0.25) is 5.96 Å². The third-order valence-electron chi connectivity index (χ3n) is 3.43. The van der Waals surface area contributed by atoms with Crippen LogP contribution in [0.2, 0.25) is 0 Å².